The maximum Gasteiger partial charge on any atom is 0.161 e. The van der Waals surface area contributed by atoms with Crippen molar-refractivity contribution in [3.63, 3.8) is 0 Å². The second kappa shape index (κ2) is 4.69. The largest absolute Gasteiger partial charge is 0.493 e. The van der Waals surface area contributed by atoms with E-state index in [0.717, 1.165) is 49.4 Å². The Labute approximate surface area is 114 Å². The van der Waals surface area contributed by atoms with E-state index in [9.17, 15) is 0 Å². The average molecular weight is 262 g/mol. The molecule has 1 aromatic carbocycles. The first-order valence-electron chi connectivity index (χ1n) is 6.93. The van der Waals surface area contributed by atoms with Gasteiger partial charge in [-0.2, -0.15) is 0 Å². The summed E-state index contributed by atoms with van der Waals surface area (Å²) in [7, 11) is 3.80. The summed E-state index contributed by atoms with van der Waals surface area (Å²) in [4.78, 5) is 2.28. The predicted octanol–water partition coefficient (Wildman–Crippen LogP) is 1.73. The zero-order chi connectivity index (χ0) is 13.5. The summed E-state index contributed by atoms with van der Waals surface area (Å²) in [6, 6.07) is 6.08. The molecule has 1 aliphatic carbocycles. The van der Waals surface area contributed by atoms with Crippen molar-refractivity contribution in [1.29, 1.82) is 0 Å². The molecule has 0 radical (unpaired) electrons. The second-order valence-corrected chi connectivity index (χ2v) is 5.81. The highest BCUT2D eigenvalue weighted by molar-refractivity contribution is 5.46. The summed E-state index contributed by atoms with van der Waals surface area (Å²) in [6.45, 7) is 2.06. The minimum atomic E-state index is -0.128. The molecule has 2 N–H and O–H groups in total. The molecule has 1 saturated carbocycles. The SMILES string of the molecule is COc1ccc(C2(N)CC2)cc1OC1CCN(C)C1. The fraction of sp³-hybridized carbons (Fsp3) is 0.600. The summed E-state index contributed by atoms with van der Waals surface area (Å²) in [5.41, 5.74) is 7.29. The number of likely N-dealkylation sites (N-methyl/N-ethyl adjacent to an activating group) is 1. The van der Waals surface area contributed by atoms with Crippen molar-refractivity contribution in [1.82, 2.24) is 4.90 Å². The van der Waals surface area contributed by atoms with Gasteiger partial charge in [-0.15, -0.1) is 0 Å². The van der Waals surface area contributed by atoms with Crippen LogP contribution in [-0.2, 0) is 5.54 Å². The maximum absolute atomic E-state index is 6.25. The summed E-state index contributed by atoms with van der Waals surface area (Å²) in [5.74, 6) is 1.62. The van der Waals surface area contributed by atoms with Gasteiger partial charge in [0.15, 0.2) is 11.5 Å². The summed E-state index contributed by atoms with van der Waals surface area (Å²) < 4.78 is 11.5. The van der Waals surface area contributed by atoms with Gasteiger partial charge >= 0.3 is 0 Å². The molecular formula is C15H22N2O2. The molecule has 0 spiro atoms. The Morgan fingerprint density at radius 3 is 2.68 bits per heavy atom. The fourth-order valence-electron chi connectivity index (χ4n) is 2.67. The standard InChI is InChI=1S/C15H22N2O2/c1-17-8-5-12(10-17)19-14-9-11(15(16)6-7-15)3-4-13(14)18-2/h3-4,9,12H,5-8,10,16H2,1-2H3. The lowest BCUT2D eigenvalue weighted by atomic mass is 10.1. The van der Waals surface area contributed by atoms with Crippen molar-refractivity contribution < 1.29 is 9.47 Å². The number of benzene rings is 1. The van der Waals surface area contributed by atoms with Crippen LogP contribution in [0.25, 0.3) is 0 Å². The van der Waals surface area contributed by atoms with Crippen LogP contribution < -0.4 is 15.2 Å². The van der Waals surface area contributed by atoms with Gasteiger partial charge in [0.05, 0.1) is 7.11 Å². The normalized spacial score (nSPS) is 25.3. The molecule has 1 unspecified atom stereocenters. The monoisotopic (exact) mass is 262 g/mol. The van der Waals surface area contributed by atoms with E-state index < -0.39 is 0 Å². The molecule has 0 bridgehead atoms. The van der Waals surface area contributed by atoms with E-state index in [4.69, 9.17) is 15.2 Å². The van der Waals surface area contributed by atoms with Gasteiger partial charge in [-0.05, 0) is 44.0 Å². The average Bonchev–Trinajstić information content (AvgIpc) is 3.03. The lowest BCUT2D eigenvalue weighted by molar-refractivity contribution is 0.199. The van der Waals surface area contributed by atoms with E-state index in [0.29, 0.717) is 0 Å². The van der Waals surface area contributed by atoms with Crippen molar-refractivity contribution in [2.24, 2.45) is 5.73 Å². The molecule has 3 rings (SSSR count). The van der Waals surface area contributed by atoms with Crippen LogP contribution in [0.1, 0.15) is 24.8 Å². The zero-order valence-electron chi connectivity index (χ0n) is 11.7. The number of hydrogen-bond acceptors (Lipinski definition) is 4. The first-order valence-corrected chi connectivity index (χ1v) is 6.93. The van der Waals surface area contributed by atoms with Crippen LogP contribution in [0.15, 0.2) is 18.2 Å². The number of nitrogens with zero attached hydrogens (tertiary/aromatic N) is 1. The summed E-state index contributed by atoms with van der Waals surface area (Å²) in [5, 5.41) is 0. The Morgan fingerprint density at radius 2 is 2.11 bits per heavy atom. The first-order chi connectivity index (χ1) is 9.10. The Hall–Kier alpha value is -1.26. The molecular weight excluding hydrogens is 240 g/mol. The molecule has 1 saturated heterocycles. The first kappa shape index (κ1) is 12.8. The fourth-order valence-corrected chi connectivity index (χ4v) is 2.67. The van der Waals surface area contributed by atoms with E-state index in [1.165, 1.54) is 0 Å². The molecule has 2 aliphatic rings. The minimum absolute atomic E-state index is 0.128. The Balaban J connectivity index is 1.81. The Bertz CT molecular complexity index is 471. The van der Waals surface area contributed by atoms with Gasteiger partial charge < -0.3 is 20.1 Å². The van der Waals surface area contributed by atoms with Gasteiger partial charge in [-0.1, -0.05) is 6.07 Å². The number of ether oxygens (including phenoxy) is 2. The van der Waals surface area contributed by atoms with Crippen molar-refractivity contribution in [3.05, 3.63) is 23.8 Å². The Morgan fingerprint density at radius 1 is 1.32 bits per heavy atom. The number of hydrogen-bond donors (Lipinski definition) is 1. The van der Waals surface area contributed by atoms with Crippen LogP contribution in [0.3, 0.4) is 0 Å². The molecule has 4 nitrogen and oxygen atoms in total. The van der Waals surface area contributed by atoms with Crippen molar-refractivity contribution in [3.8, 4) is 11.5 Å². The van der Waals surface area contributed by atoms with Crippen LogP contribution in [0.4, 0.5) is 0 Å². The molecule has 2 fully saturated rings. The predicted molar refractivity (Wildman–Crippen MR) is 74.6 cm³/mol. The summed E-state index contributed by atoms with van der Waals surface area (Å²) >= 11 is 0. The van der Waals surface area contributed by atoms with Crippen LogP contribution in [0.5, 0.6) is 11.5 Å². The van der Waals surface area contributed by atoms with Crippen LogP contribution >= 0.6 is 0 Å². The van der Waals surface area contributed by atoms with Gasteiger partial charge in [-0.3, -0.25) is 0 Å². The molecule has 1 aromatic rings. The highest BCUT2D eigenvalue weighted by Crippen LogP contribution is 2.45. The van der Waals surface area contributed by atoms with E-state index in [-0.39, 0.29) is 11.6 Å². The number of rotatable bonds is 4. The third kappa shape index (κ3) is 2.55. The second-order valence-electron chi connectivity index (χ2n) is 5.81. The van der Waals surface area contributed by atoms with E-state index in [1.807, 2.05) is 6.07 Å². The van der Waals surface area contributed by atoms with Gasteiger partial charge in [0.1, 0.15) is 6.10 Å². The molecule has 4 heteroatoms. The van der Waals surface area contributed by atoms with Crippen LogP contribution in [-0.4, -0.2) is 38.3 Å². The maximum atomic E-state index is 6.25. The molecule has 0 amide bonds. The molecule has 1 heterocycles. The summed E-state index contributed by atoms with van der Waals surface area (Å²) in [6.07, 6.45) is 3.44. The lowest BCUT2D eigenvalue weighted by Crippen LogP contribution is -2.22. The minimum Gasteiger partial charge on any atom is -0.493 e. The Kier molecular flexibility index (Phi) is 3.15. The number of nitrogens with two attached hydrogens (primary N) is 1. The van der Waals surface area contributed by atoms with Gasteiger partial charge in [-0.25, -0.2) is 0 Å². The zero-order valence-corrected chi connectivity index (χ0v) is 11.7. The van der Waals surface area contributed by atoms with Gasteiger partial charge in [0, 0.05) is 18.6 Å². The smallest absolute Gasteiger partial charge is 0.161 e. The van der Waals surface area contributed by atoms with Crippen molar-refractivity contribution in [2.45, 2.75) is 30.9 Å². The molecule has 1 atom stereocenters. The van der Waals surface area contributed by atoms with Crippen LogP contribution in [0, 0.1) is 0 Å². The quantitative estimate of drug-likeness (QED) is 0.897. The van der Waals surface area contributed by atoms with Gasteiger partial charge in [0.25, 0.3) is 0 Å². The van der Waals surface area contributed by atoms with Crippen molar-refractivity contribution in [2.75, 3.05) is 27.2 Å². The lowest BCUT2D eigenvalue weighted by Gasteiger charge is -2.18. The highest BCUT2D eigenvalue weighted by atomic mass is 16.5. The van der Waals surface area contributed by atoms with E-state index in [2.05, 4.69) is 24.1 Å². The molecule has 19 heavy (non-hydrogen) atoms. The van der Waals surface area contributed by atoms with Gasteiger partial charge in [0.2, 0.25) is 0 Å². The topological polar surface area (TPSA) is 47.7 Å². The number of likely N-dealkylation sites (tertiary alicyclic amines) is 1. The highest BCUT2D eigenvalue weighted by Gasteiger charge is 2.40. The van der Waals surface area contributed by atoms with Crippen LogP contribution in [0.2, 0.25) is 0 Å². The number of methoxy groups -OCH3 is 1. The van der Waals surface area contributed by atoms with E-state index in [1.54, 1.807) is 7.11 Å². The van der Waals surface area contributed by atoms with E-state index >= 15 is 0 Å². The molecule has 0 aromatic heterocycles. The third-order valence-electron chi connectivity index (χ3n) is 4.17. The van der Waals surface area contributed by atoms with Crippen molar-refractivity contribution >= 4 is 0 Å². The molecule has 1 aliphatic heterocycles. The molecule has 104 valence electrons. The third-order valence-corrected chi connectivity index (χ3v) is 4.17.